The van der Waals surface area contributed by atoms with Crippen LogP contribution in [0.1, 0.15) is 59.5 Å². The average molecular weight is 485 g/mol. The molecule has 35 heavy (non-hydrogen) atoms. The highest BCUT2D eigenvalue weighted by Crippen LogP contribution is 2.33. The van der Waals surface area contributed by atoms with Gasteiger partial charge in [-0.1, -0.05) is 43.5 Å². The van der Waals surface area contributed by atoms with Crippen LogP contribution in [0.4, 0.5) is 10.8 Å². The molecule has 178 valence electrons. The van der Waals surface area contributed by atoms with Crippen molar-refractivity contribution in [2.45, 2.75) is 44.6 Å². The normalized spacial score (nSPS) is 13.9. The number of hydrogen-bond donors (Lipinski definition) is 2. The van der Waals surface area contributed by atoms with Crippen LogP contribution in [0.15, 0.2) is 78.2 Å². The van der Waals surface area contributed by atoms with Gasteiger partial charge in [-0.15, -0.1) is 11.3 Å². The van der Waals surface area contributed by atoms with Gasteiger partial charge in [0.1, 0.15) is 12.4 Å². The summed E-state index contributed by atoms with van der Waals surface area (Å²) in [7, 11) is 0. The number of carboxylic acids is 1. The molecule has 1 heterocycles. The Balaban J connectivity index is 1.15. The third-order valence-corrected chi connectivity index (χ3v) is 7.26. The van der Waals surface area contributed by atoms with Crippen molar-refractivity contribution >= 4 is 28.1 Å². The zero-order valence-corrected chi connectivity index (χ0v) is 20.3. The molecular formula is C29H28N2O3S. The molecule has 0 atom stereocenters. The van der Waals surface area contributed by atoms with Crippen molar-refractivity contribution in [2.75, 3.05) is 5.32 Å². The Labute approximate surface area is 209 Å². The number of aromatic nitrogens is 1. The van der Waals surface area contributed by atoms with Crippen LogP contribution < -0.4 is 10.1 Å². The van der Waals surface area contributed by atoms with Crippen LogP contribution in [0.3, 0.4) is 0 Å². The predicted octanol–water partition coefficient (Wildman–Crippen LogP) is 7.88. The number of carbonyl (C=O) groups is 1. The third kappa shape index (κ3) is 5.89. The molecule has 0 spiro atoms. The topological polar surface area (TPSA) is 71.5 Å². The van der Waals surface area contributed by atoms with E-state index in [-0.39, 0.29) is 5.56 Å². The van der Waals surface area contributed by atoms with E-state index < -0.39 is 5.97 Å². The number of anilines is 2. The molecular weight excluding hydrogens is 456 g/mol. The summed E-state index contributed by atoms with van der Waals surface area (Å²) in [4.78, 5) is 15.6. The van der Waals surface area contributed by atoms with Crippen LogP contribution in [0.5, 0.6) is 5.75 Å². The first kappa shape index (κ1) is 23.1. The summed E-state index contributed by atoms with van der Waals surface area (Å²) in [6.07, 6.45) is 6.73. The fourth-order valence-corrected chi connectivity index (χ4v) is 5.23. The maximum absolute atomic E-state index is 11.0. The molecule has 0 saturated heterocycles. The van der Waals surface area contributed by atoms with Crippen molar-refractivity contribution in [1.29, 1.82) is 0 Å². The molecule has 0 radical (unpaired) electrons. The monoisotopic (exact) mass is 484 g/mol. The van der Waals surface area contributed by atoms with Gasteiger partial charge in [0.2, 0.25) is 0 Å². The van der Waals surface area contributed by atoms with Gasteiger partial charge in [0.25, 0.3) is 0 Å². The molecule has 1 aromatic heterocycles. The Bertz CT molecular complexity index is 1260. The van der Waals surface area contributed by atoms with Gasteiger partial charge in [-0.25, -0.2) is 9.78 Å². The van der Waals surface area contributed by atoms with Crippen molar-refractivity contribution in [3.05, 3.63) is 94.9 Å². The first-order valence-corrected chi connectivity index (χ1v) is 12.9. The van der Waals surface area contributed by atoms with Gasteiger partial charge in [-0.2, -0.15) is 0 Å². The molecule has 1 saturated carbocycles. The number of nitrogens with zero attached hydrogens (tertiary/aromatic N) is 1. The van der Waals surface area contributed by atoms with Crippen LogP contribution in [-0.4, -0.2) is 16.1 Å². The maximum Gasteiger partial charge on any atom is 0.335 e. The molecule has 1 aliphatic rings. The number of aromatic carboxylic acids is 1. The largest absolute Gasteiger partial charge is 0.489 e. The van der Waals surface area contributed by atoms with Crippen molar-refractivity contribution in [1.82, 2.24) is 4.98 Å². The molecule has 6 heteroatoms. The highest BCUT2D eigenvalue weighted by atomic mass is 32.1. The van der Waals surface area contributed by atoms with E-state index in [1.165, 1.54) is 54.6 Å². The lowest BCUT2D eigenvalue weighted by Crippen LogP contribution is -2.04. The summed E-state index contributed by atoms with van der Waals surface area (Å²) < 4.78 is 6.01. The fraction of sp³-hybridized carbons (Fsp3) is 0.241. The minimum absolute atomic E-state index is 0.258. The standard InChI is InChI=1S/C29H28N2O3S/c32-28(33)24-10-14-25(15-11-24)30-29-31-27(19-35-29)23-12-16-26(17-13-23)34-18-20-6-8-22(9-7-20)21-4-2-1-3-5-21/h6-17,19,21H,1-5,18H2,(H,30,31)(H,32,33). The molecule has 0 aliphatic heterocycles. The third-order valence-electron chi connectivity index (χ3n) is 6.50. The smallest absolute Gasteiger partial charge is 0.335 e. The first-order chi connectivity index (χ1) is 17.1. The van der Waals surface area contributed by atoms with Gasteiger partial charge in [0, 0.05) is 16.6 Å². The second kappa shape index (κ2) is 10.7. The van der Waals surface area contributed by atoms with E-state index >= 15 is 0 Å². The van der Waals surface area contributed by atoms with Gasteiger partial charge in [0.15, 0.2) is 5.13 Å². The number of hydrogen-bond acceptors (Lipinski definition) is 5. The molecule has 4 aromatic rings. The van der Waals surface area contributed by atoms with Crippen molar-refractivity contribution in [2.24, 2.45) is 0 Å². The summed E-state index contributed by atoms with van der Waals surface area (Å²) in [5, 5.41) is 15.0. The zero-order chi connectivity index (χ0) is 24.0. The lowest BCUT2D eigenvalue weighted by Gasteiger charge is -2.22. The number of carboxylic acid groups (broad SMARTS) is 1. The molecule has 0 amide bonds. The second-order valence-corrected chi connectivity index (χ2v) is 9.79. The van der Waals surface area contributed by atoms with E-state index in [0.717, 1.165) is 33.7 Å². The Kier molecular flexibility index (Phi) is 7.09. The van der Waals surface area contributed by atoms with Gasteiger partial charge in [-0.3, -0.25) is 0 Å². The van der Waals surface area contributed by atoms with E-state index in [1.54, 1.807) is 24.3 Å². The first-order valence-electron chi connectivity index (χ1n) is 12.0. The maximum atomic E-state index is 11.0. The van der Waals surface area contributed by atoms with E-state index in [2.05, 4.69) is 34.6 Å². The molecule has 1 fully saturated rings. The molecule has 2 N–H and O–H groups in total. The predicted molar refractivity (Wildman–Crippen MR) is 141 cm³/mol. The Morgan fingerprint density at radius 3 is 2.34 bits per heavy atom. The summed E-state index contributed by atoms with van der Waals surface area (Å²) in [5.41, 5.74) is 5.59. The van der Waals surface area contributed by atoms with E-state index in [9.17, 15) is 4.79 Å². The van der Waals surface area contributed by atoms with Crippen LogP contribution in [-0.2, 0) is 6.61 Å². The van der Waals surface area contributed by atoms with Gasteiger partial charge in [0.05, 0.1) is 11.3 Å². The van der Waals surface area contributed by atoms with Crippen LogP contribution in [0.25, 0.3) is 11.3 Å². The quantitative estimate of drug-likeness (QED) is 0.266. The number of benzene rings is 3. The summed E-state index contributed by atoms with van der Waals surface area (Å²) >= 11 is 1.50. The van der Waals surface area contributed by atoms with Crippen molar-refractivity contribution < 1.29 is 14.6 Å². The van der Waals surface area contributed by atoms with Gasteiger partial charge in [-0.05, 0) is 78.4 Å². The second-order valence-electron chi connectivity index (χ2n) is 8.93. The molecule has 5 nitrogen and oxygen atoms in total. The number of nitrogens with one attached hydrogen (secondary N) is 1. The number of rotatable bonds is 8. The van der Waals surface area contributed by atoms with Gasteiger partial charge < -0.3 is 15.2 Å². The lowest BCUT2D eigenvalue weighted by molar-refractivity contribution is 0.0697. The molecule has 0 bridgehead atoms. The lowest BCUT2D eigenvalue weighted by atomic mass is 9.84. The van der Waals surface area contributed by atoms with E-state index in [0.29, 0.717) is 6.61 Å². The molecule has 0 unspecified atom stereocenters. The van der Waals surface area contributed by atoms with E-state index in [1.807, 2.05) is 29.6 Å². The SMILES string of the molecule is O=C(O)c1ccc(Nc2nc(-c3ccc(OCc4ccc(C5CCCCC5)cc4)cc3)cs2)cc1. The Morgan fingerprint density at radius 2 is 1.66 bits per heavy atom. The zero-order valence-electron chi connectivity index (χ0n) is 19.4. The van der Waals surface area contributed by atoms with Crippen molar-refractivity contribution in [3.8, 4) is 17.0 Å². The van der Waals surface area contributed by atoms with Crippen molar-refractivity contribution in [3.63, 3.8) is 0 Å². The Morgan fingerprint density at radius 1 is 0.943 bits per heavy atom. The summed E-state index contributed by atoms with van der Waals surface area (Å²) in [5.74, 6) is 0.621. The summed E-state index contributed by atoms with van der Waals surface area (Å²) in [6, 6.07) is 23.5. The summed E-state index contributed by atoms with van der Waals surface area (Å²) in [6.45, 7) is 0.551. The van der Waals surface area contributed by atoms with Crippen LogP contribution in [0.2, 0.25) is 0 Å². The number of ether oxygens (including phenoxy) is 1. The molecule has 3 aromatic carbocycles. The minimum atomic E-state index is -0.937. The highest BCUT2D eigenvalue weighted by Gasteiger charge is 2.15. The van der Waals surface area contributed by atoms with E-state index in [4.69, 9.17) is 9.84 Å². The average Bonchev–Trinajstić information content (AvgIpc) is 3.37. The molecule has 5 rings (SSSR count). The van der Waals surface area contributed by atoms with Gasteiger partial charge >= 0.3 is 5.97 Å². The number of thiazole rings is 1. The molecule has 1 aliphatic carbocycles. The minimum Gasteiger partial charge on any atom is -0.489 e. The Hall–Kier alpha value is -3.64. The van der Waals surface area contributed by atoms with Crippen LogP contribution in [0, 0.1) is 0 Å². The highest BCUT2D eigenvalue weighted by molar-refractivity contribution is 7.14. The fourth-order valence-electron chi connectivity index (χ4n) is 4.49. The van der Waals surface area contributed by atoms with Crippen LogP contribution >= 0.6 is 11.3 Å².